The van der Waals surface area contributed by atoms with Crippen LogP contribution in [0.1, 0.15) is 23.4 Å². The predicted molar refractivity (Wildman–Crippen MR) is 100 cm³/mol. The quantitative estimate of drug-likeness (QED) is 0.675. The summed E-state index contributed by atoms with van der Waals surface area (Å²) in [5.74, 6) is 0.911. The predicted octanol–water partition coefficient (Wildman–Crippen LogP) is 4.69. The number of aryl methyl sites for hydroxylation is 3. The van der Waals surface area contributed by atoms with Gasteiger partial charge in [-0.15, -0.1) is 0 Å². The van der Waals surface area contributed by atoms with Crippen molar-refractivity contribution in [2.45, 2.75) is 26.7 Å². The molecule has 0 aliphatic rings. The van der Waals surface area contributed by atoms with Crippen LogP contribution >= 0.6 is 15.9 Å². The van der Waals surface area contributed by atoms with Crippen LogP contribution in [0.5, 0.6) is 0 Å². The third kappa shape index (κ3) is 4.54. The minimum absolute atomic E-state index is 0.0863. The van der Waals surface area contributed by atoms with Crippen LogP contribution in [0.15, 0.2) is 51.5 Å². The molecule has 2 aromatic carbocycles. The highest BCUT2D eigenvalue weighted by Gasteiger charge is 2.11. The van der Waals surface area contributed by atoms with Crippen molar-refractivity contribution < 1.29 is 9.32 Å². The molecule has 0 aliphatic carbocycles. The molecule has 1 heterocycles. The second-order valence-corrected chi connectivity index (χ2v) is 6.74. The Balaban J connectivity index is 1.57. The van der Waals surface area contributed by atoms with Gasteiger partial charge in [0.2, 0.25) is 17.6 Å². The van der Waals surface area contributed by atoms with Crippen molar-refractivity contribution >= 4 is 27.5 Å². The lowest BCUT2D eigenvalue weighted by atomic mass is 10.1. The normalized spacial score (nSPS) is 10.7. The molecule has 6 heteroatoms. The lowest BCUT2D eigenvalue weighted by Gasteiger charge is -2.06. The zero-order valence-corrected chi connectivity index (χ0v) is 15.6. The van der Waals surface area contributed by atoms with Gasteiger partial charge >= 0.3 is 0 Å². The van der Waals surface area contributed by atoms with Crippen LogP contribution in [0, 0.1) is 13.8 Å². The minimum atomic E-state index is -0.0863. The first-order valence-corrected chi connectivity index (χ1v) is 8.76. The first-order chi connectivity index (χ1) is 12.0. The summed E-state index contributed by atoms with van der Waals surface area (Å²) in [5, 5.41) is 6.85. The topological polar surface area (TPSA) is 68.0 Å². The Kier molecular flexibility index (Phi) is 5.28. The summed E-state index contributed by atoms with van der Waals surface area (Å²) >= 11 is 3.44. The second-order valence-electron chi connectivity index (χ2n) is 5.89. The number of carbonyl (C=O) groups excluding carboxylic acids is 1. The fourth-order valence-corrected chi connectivity index (χ4v) is 2.59. The van der Waals surface area contributed by atoms with Crippen LogP contribution in [0.4, 0.5) is 5.69 Å². The summed E-state index contributed by atoms with van der Waals surface area (Å²) < 4.78 is 6.25. The molecule has 0 atom stereocenters. The highest BCUT2D eigenvalue weighted by atomic mass is 79.9. The van der Waals surface area contributed by atoms with Crippen molar-refractivity contribution in [3.8, 4) is 11.4 Å². The first-order valence-electron chi connectivity index (χ1n) is 7.97. The highest BCUT2D eigenvalue weighted by molar-refractivity contribution is 9.10. The lowest BCUT2D eigenvalue weighted by molar-refractivity contribution is -0.116. The van der Waals surface area contributed by atoms with Crippen molar-refractivity contribution in [1.29, 1.82) is 0 Å². The highest BCUT2D eigenvalue weighted by Crippen LogP contribution is 2.20. The van der Waals surface area contributed by atoms with E-state index in [0.29, 0.717) is 18.1 Å². The number of halogens is 1. The number of aromatic nitrogens is 2. The van der Waals surface area contributed by atoms with Gasteiger partial charge in [0.05, 0.1) is 0 Å². The Hall–Kier alpha value is -2.47. The van der Waals surface area contributed by atoms with Gasteiger partial charge in [0.25, 0.3) is 0 Å². The zero-order valence-electron chi connectivity index (χ0n) is 14.0. The Morgan fingerprint density at radius 1 is 1.16 bits per heavy atom. The van der Waals surface area contributed by atoms with Crippen LogP contribution in [-0.2, 0) is 11.2 Å². The Labute approximate surface area is 154 Å². The molecule has 0 spiro atoms. The molecule has 0 fully saturated rings. The molecule has 128 valence electrons. The lowest BCUT2D eigenvalue weighted by Crippen LogP contribution is -2.12. The summed E-state index contributed by atoms with van der Waals surface area (Å²) in [6, 6.07) is 13.6. The monoisotopic (exact) mass is 399 g/mol. The largest absolute Gasteiger partial charge is 0.339 e. The van der Waals surface area contributed by atoms with Crippen LogP contribution in [0.25, 0.3) is 11.4 Å². The number of rotatable bonds is 5. The van der Waals surface area contributed by atoms with Gasteiger partial charge < -0.3 is 9.84 Å². The molecule has 25 heavy (non-hydrogen) atoms. The van der Waals surface area contributed by atoms with Crippen molar-refractivity contribution in [2.75, 3.05) is 5.32 Å². The summed E-state index contributed by atoms with van der Waals surface area (Å²) in [7, 11) is 0. The smallest absolute Gasteiger partial charge is 0.227 e. The molecule has 3 aromatic rings. The first kappa shape index (κ1) is 17.4. The van der Waals surface area contributed by atoms with Crippen molar-refractivity contribution in [2.24, 2.45) is 0 Å². The molecule has 3 rings (SSSR count). The van der Waals surface area contributed by atoms with Crippen LogP contribution in [0.2, 0.25) is 0 Å². The summed E-state index contributed by atoms with van der Waals surface area (Å²) in [5.41, 5.74) is 3.91. The van der Waals surface area contributed by atoms with Gasteiger partial charge in [0, 0.05) is 28.6 Å². The van der Waals surface area contributed by atoms with Crippen LogP contribution < -0.4 is 5.32 Å². The van der Waals surface area contributed by atoms with E-state index < -0.39 is 0 Å². The van der Waals surface area contributed by atoms with E-state index in [2.05, 4.69) is 31.4 Å². The van der Waals surface area contributed by atoms with Gasteiger partial charge in [-0.25, -0.2) is 0 Å². The molecule has 0 radical (unpaired) electrons. The van der Waals surface area contributed by atoms with E-state index in [0.717, 1.165) is 21.3 Å². The number of nitrogens with one attached hydrogen (secondary N) is 1. The van der Waals surface area contributed by atoms with Gasteiger partial charge in [-0.05, 0) is 37.6 Å². The number of carbonyl (C=O) groups is 1. The third-order valence-electron chi connectivity index (χ3n) is 3.79. The summed E-state index contributed by atoms with van der Waals surface area (Å²) in [4.78, 5) is 16.4. The number of hydrogen-bond acceptors (Lipinski definition) is 4. The number of anilines is 1. The van der Waals surface area contributed by atoms with Crippen LogP contribution in [0.3, 0.4) is 0 Å². The SMILES string of the molecule is Cc1ccc(-c2noc(CCC(=O)Nc3ccc(Br)c(C)c3)n2)cc1. The standard InChI is InChI=1S/C19H18BrN3O2/c1-12-3-5-14(6-4-12)19-22-18(25-23-19)10-9-17(24)21-15-7-8-16(20)13(2)11-15/h3-8,11H,9-10H2,1-2H3,(H,21,24). The molecule has 1 N–H and O–H groups in total. The van der Waals surface area contributed by atoms with Gasteiger partial charge in [-0.3, -0.25) is 4.79 Å². The fourth-order valence-electron chi connectivity index (χ4n) is 2.34. The van der Waals surface area contributed by atoms with Crippen molar-refractivity contribution in [3.05, 3.63) is 64.0 Å². The Morgan fingerprint density at radius 2 is 1.92 bits per heavy atom. The Bertz CT molecular complexity index is 888. The third-order valence-corrected chi connectivity index (χ3v) is 4.68. The van der Waals surface area contributed by atoms with Gasteiger partial charge in [-0.2, -0.15) is 4.98 Å². The van der Waals surface area contributed by atoms with E-state index in [1.807, 2.05) is 56.3 Å². The number of hydrogen-bond donors (Lipinski definition) is 1. The maximum Gasteiger partial charge on any atom is 0.227 e. The molecule has 1 amide bonds. The van der Waals surface area contributed by atoms with Crippen LogP contribution in [-0.4, -0.2) is 16.0 Å². The molecule has 0 saturated heterocycles. The number of nitrogens with zero attached hydrogens (tertiary/aromatic N) is 2. The average molecular weight is 400 g/mol. The molecule has 0 unspecified atom stereocenters. The van der Waals surface area contributed by atoms with E-state index in [1.54, 1.807) is 0 Å². The number of amides is 1. The van der Waals surface area contributed by atoms with Gasteiger partial charge in [0.1, 0.15) is 0 Å². The van der Waals surface area contributed by atoms with Gasteiger partial charge in [-0.1, -0.05) is 50.9 Å². The van der Waals surface area contributed by atoms with E-state index in [4.69, 9.17) is 4.52 Å². The van der Waals surface area contributed by atoms with E-state index in [-0.39, 0.29) is 12.3 Å². The van der Waals surface area contributed by atoms with Crippen molar-refractivity contribution in [1.82, 2.24) is 10.1 Å². The fraction of sp³-hybridized carbons (Fsp3) is 0.211. The molecule has 0 saturated carbocycles. The molecule has 0 bridgehead atoms. The van der Waals surface area contributed by atoms with E-state index >= 15 is 0 Å². The van der Waals surface area contributed by atoms with Crippen molar-refractivity contribution in [3.63, 3.8) is 0 Å². The summed E-state index contributed by atoms with van der Waals surface area (Å²) in [6.07, 6.45) is 0.685. The summed E-state index contributed by atoms with van der Waals surface area (Å²) in [6.45, 7) is 4.00. The maximum absolute atomic E-state index is 12.1. The second kappa shape index (κ2) is 7.61. The molecule has 1 aromatic heterocycles. The minimum Gasteiger partial charge on any atom is -0.339 e. The maximum atomic E-state index is 12.1. The van der Waals surface area contributed by atoms with Gasteiger partial charge in [0.15, 0.2) is 0 Å². The molecule has 0 aliphatic heterocycles. The molecule has 5 nitrogen and oxygen atoms in total. The number of benzene rings is 2. The Morgan fingerprint density at radius 3 is 2.64 bits per heavy atom. The molecular formula is C19H18BrN3O2. The zero-order chi connectivity index (χ0) is 17.8. The average Bonchev–Trinajstić information content (AvgIpc) is 3.06. The molecular weight excluding hydrogens is 382 g/mol. The van der Waals surface area contributed by atoms with E-state index in [1.165, 1.54) is 5.56 Å². The van der Waals surface area contributed by atoms with E-state index in [9.17, 15) is 4.79 Å².